The Morgan fingerprint density at radius 2 is 2.21 bits per heavy atom. The van der Waals surface area contributed by atoms with Crippen molar-refractivity contribution >= 4 is 16.6 Å². The van der Waals surface area contributed by atoms with Gasteiger partial charge in [-0.05, 0) is 6.92 Å². The first-order valence-corrected chi connectivity index (χ1v) is 6.21. The third-order valence-corrected chi connectivity index (χ3v) is 2.85. The van der Waals surface area contributed by atoms with Gasteiger partial charge in [0.25, 0.3) is 0 Å². The van der Waals surface area contributed by atoms with Crippen molar-refractivity contribution in [1.29, 1.82) is 0 Å². The molecule has 0 aliphatic heterocycles. The summed E-state index contributed by atoms with van der Waals surface area (Å²) in [4.78, 5) is 0. The Labute approximate surface area is 87.2 Å². The average molecular weight is 221 g/mol. The predicted octanol–water partition coefficient (Wildman–Crippen LogP) is -0.274. The van der Waals surface area contributed by atoms with Crippen LogP contribution in [-0.4, -0.2) is 39.8 Å². The van der Waals surface area contributed by atoms with Crippen molar-refractivity contribution in [2.24, 2.45) is 16.8 Å². The van der Waals surface area contributed by atoms with Gasteiger partial charge in [-0.25, -0.2) is 0 Å². The molecule has 0 radical (unpaired) electrons. The Morgan fingerprint density at radius 1 is 1.64 bits per heavy atom. The number of nitrogens with zero attached hydrogens (tertiary/aromatic N) is 1. The van der Waals surface area contributed by atoms with Crippen LogP contribution >= 0.6 is 0 Å². The second-order valence-corrected chi connectivity index (χ2v) is 4.95. The maximum atomic E-state index is 10.9. The first-order valence-electron chi connectivity index (χ1n) is 4.48. The largest absolute Gasteiger partial charge is 0.409 e. The minimum absolute atomic E-state index is 0.0206. The molecule has 6 heteroatoms. The molecule has 0 saturated carbocycles. The van der Waals surface area contributed by atoms with E-state index in [4.69, 9.17) is 10.9 Å². The molecule has 84 valence electrons. The molecule has 3 unspecified atom stereocenters. The van der Waals surface area contributed by atoms with Crippen LogP contribution in [0, 0.1) is 5.92 Å². The number of hydrogen-bond donors (Lipinski definition) is 3. The lowest BCUT2D eigenvalue weighted by Gasteiger charge is -2.15. The molecule has 0 aliphatic rings. The van der Waals surface area contributed by atoms with Gasteiger partial charge in [-0.15, -0.1) is 0 Å². The second kappa shape index (κ2) is 6.78. The number of amidine groups is 1. The van der Waals surface area contributed by atoms with Gasteiger partial charge in [-0.2, -0.15) is 0 Å². The summed E-state index contributed by atoms with van der Waals surface area (Å²) >= 11 is 0. The maximum Gasteiger partial charge on any atom is 0.143 e. The number of oxime groups is 1. The van der Waals surface area contributed by atoms with E-state index < -0.39 is 10.8 Å². The molecule has 0 heterocycles. The van der Waals surface area contributed by atoms with Gasteiger partial charge >= 0.3 is 0 Å². The molecule has 0 aromatic carbocycles. The summed E-state index contributed by atoms with van der Waals surface area (Å²) in [6.07, 6.45) is 1.67. The number of hydrogen-bond acceptors (Lipinski definition) is 4. The van der Waals surface area contributed by atoms with Crippen LogP contribution in [0.5, 0.6) is 0 Å². The summed E-state index contributed by atoms with van der Waals surface area (Å²) in [5.41, 5.74) is 5.40. The van der Waals surface area contributed by atoms with Gasteiger partial charge in [-0.3, -0.25) is 4.21 Å². The van der Waals surface area contributed by atoms with Crippen LogP contribution in [0.4, 0.5) is 0 Å². The highest BCUT2D eigenvalue weighted by Crippen LogP contribution is 1.94. The molecule has 0 aromatic heterocycles. The van der Waals surface area contributed by atoms with Crippen molar-refractivity contribution in [1.82, 2.24) is 5.32 Å². The summed E-state index contributed by atoms with van der Waals surface area (Å²) in [6.45, 7) is 4.44. The van der Waals surface area contributed by atoms with Gasteiger partial charge in [0, 0.05) is 41.3 Å². The Hall–Kier alpha value is -0.620. The van der Waals surface area contributed by atoms with Gasteiger partial charge in [0.05, 0.1) is 0 Å². The monoisotopic (exact) mass is 221 g/mol. The molecular formula is C8H19N3O2S. The zero-order valence-corrected chi connectivity index (χ0v) is 9.67. The van der Waals surface area contributed by atoms with Crippen molar-refractivity contribution in [3.8, 4) is 0 Å². The van der Waals surface area contributed by atoms with E-state index in [1.165, 1.54) is 0 Å². The van der Waals surface area contributed by atoms with Gasteiger partial charge in [0.1, 0.15) is 5.84 Å². The van der Waals surface area contributed by atoms with E-state index in [9.17, 15) is 4.21 Å². The summed E-state index contributed by atoms with van der Waals surface area (Å²) in [5.74, 6) is 0.804. The van der Waals surface area contributed by atoms with Crippen molar-refractivity contribution < 1.29 is 9.42 Å². The third-order valence-electron chi connectivity index (χ3n) is 1.88. The van der Waals surface area contributed by atoms with Crippen LogP contribution in [0.25, 0.3) is 0 Å². The zero-order chi connectivity index (χ0) is 11.1. The lowest BCUT2D eigenvalue weighted by molar-refractivity contribution is 0.314. The quantitative estimate of drug-likeness (QED) is 0.249. The van der Waals surface area contributed by atoms with Gasteiger partial charge in [-0.1, -0.05) is 12.1 Å². The molecule has 14 heavy (non-hydrogen) atoms. The zero-order valence-electron chi connectivity index (χ0n) is 8.86. The fraction of sp³-hybridized carbons (Fsp3) is 0.875. The highest BCUT2D eigenvalue weighted by Gasteiger charge is 2.09. The lowest BCUT2D eigenvalue weighted by Crippen LogP contribution is -2.38. The third kappa shape index (κ3) is 5.93. The molecule has 3 atom stereocenters. The SMILES string of the molecule is CC(CS(C)=O)NCC(C)C(N)=NO. The molecule has 5 nitrogen and oxygen atoms in total. The van der Waals surface area contributed by atoms with Crippen molar-refractivity contribution in [2.45, 2.75) is 19.9 Å². The maximum absolute atomic E-state index is 10.9. The molecule has 0 saturated heterocycles. The first kappa shape index (κ1) is 13.4. The fourth-order valence-corrected chi connectivity index (χ4v) is 1.81. The summed E-state index contributed by atoms with van der Waals surface area (Å²) in [6, 6.07) is 0.176. The number of nitrogens with one attached hydrogen (secondary N) is 1. The lowest BCUT2D eigenvalue weighted by atomic mass is 10.1. The minimum atomic E-state index is -0.796. The van der Waals surface area contributed by atoms with Crippen LogP contribution in [0.1, 0.15) is 13.8 Å². The highest BCUT2D eigenvalue weighted by molar-refractivity contribution is 7.84. The van der Waals surface area contributed by atoms with E-state index >= 15 is 0 Å². The summed E-state index contributed by atoms with van der Waals surface area (Å²) < 4.78 is 10.9. The standard InChI is InChI=1S/C8H19N3O2S/c1-6(8(9)11-12)4-10-7(2)5-14(3)13/h6-7,10,12H,4-5H2,1-3H3,(H2,9,11). The molecule has 0 amide bonds. The molecule has 0 fully saturated rings. The van der Waals surface area contributed by atoms with E-state index in [2.05, 4.69) is 10.5 Å². The number of rotatable bonds is 6. The normalized spacial score (nSPS) is 18.9. The predicted molar refractivity (Wildman–Crippen MR) is 59.0 cm³/mol. The minimum Gasteiger partial charge on any atom is -0.409 e. The topological polar surface area (TPSA) is 87.7 Å². The van der Waals surface area contributed by atoms with Gasteiger partial charge < -0.3 is 16.3 Å². The summed E-state index contributed by atoms with van der Waals surface area (Å²) in [7, 11) is -0.796. The van der Waals surface area contributed by atoms with E-state index in [0.29, 0.717) is 12.3 Å². The van der Waals surface area contributed by atoms with Gasteiger partial charge in [0.2, 0.25) is 0 Å². The molecule has 0 aliphatic carbocycles. The van der Waals surface area contributed by atoms with Gasteiger partial charge in [0.15, 0.2) is 0 Å². The van der Waals surface area contributed by atoms with Crippen LogP contribution in [0.2, 0.25) is 0 Å². The number of nitrogens with two attached hydrogens (primary N) is 1. The Kier molecular flexibility index (Phi) is 6.48. The molecule has 4 N–H and O–H groups in total. The molecule has 0 bridgehead atoms. The van der Waals surface area contributed by atoms with E-state index in [-0.39, 0.29) is 17.8 Å². The van der Waals surface area contributed by atoms with Crippen LogP contribution < -0.4 is 11.1 Å². The van der Waals surface area contributed by atoms with E-state index in [1.54, 1.807) is 6.26 Å². The Bertz CT molecular complexity index is 221. The molecular weight excluding hydrogens is 202 g/mol. The fourth-order valence-electron chi connectivity index (χ4n) is 0.992. The highest BCUT2D eigenvalue weighted by atomic mass is 32.2. The Morgan fingerprint density at radius 3 is 2.64 bits per heavy atom. The van der Waals surface area contributed by atoms with Crippen molar-refractivity contribution in [3.63, 3.8) is 0 Å². The van der Waals surface area contributed by atoms with Crippen LogP contribution in [0.15, 0.2) is 5.16 Å². The van der Waals surface area contributed by atoms with E-state index in [0.717, 1.165) is 0 Å². The second-order valence-electron chi connectivity index (χ2n) is 3.48. The van der Waals surface area contributed by atoms with Crippen molar-refractivity contribution in [2.75, 3.05) is 18.6 Å². The van der Waals surface area contributed by atoms with Crippen molar-refractivity contribution in [3.05, 3.63) is 0 Å². The Balaban J connectivity index is 3.77. The molecule has 0 rings (SSSR count). The molecule has 0 spiro atoms. The smallest absolute Gasteiger partial charge is 0.143 e. The molecule has 0 aromatic rings. The van der Waals surface area contributed by atoms with Crippen LogP contribution in [-0.2, 0) is 10.8 Å². The average Bonchev–Trinajstić information content (AvgIpc) is 2.11. The first-order chi connectivity index (χ1) is 6.47. The van der Waals surface area contributed by atoms with Crippen LogP contribution in [0.3, 0.4) is 0 Å². The summed E-state index contributed by atoms with van der Waals surface area (Å²) in [5, 5.41) is 14.5. The van der Waals surface area contributed by atoms with E-state index in [1.807, 2.05) is 13.8 Å².